The number of halogens is 1. The van der Waals surface area contributed by atoms with Crippen LogP contribution < -0.4 is 5.32 Å². The second-order valence-corrected chi connectivity index (χ2v) is 5.09. The molecule has 1 aliphatic rings. The van der Waals surface area contributed by atoms with Gasteiger partial charge in [0, 0.05) is 36.8 Å². The summed E-state index contributed by atoms with van der Waals surface area (Å²) in [6, 6.07) is 7.62. The lowest BCUT2D eigenvalue weighted by Crippen LogP contribution is -2.42. The Hall–Kier alpha value is -1.36. The van der Waals surface area contributed by atoms with Gasteiger partial charge in [0.15, 0.2) is 5.76 Å². The van der Waals surface area contributed by atoms with Gasteiger partial charge in [-0.15, -0.1) is 0 Å². The highest BCUT2D eigenvalue weighted by Gasteiger charge is 2.13. The first kappa shape index (κ1) is 12.7. The molecular formula is C14H16ClN3O. The van der Waals surface area contributed by atoms with Crippen molar-refractivity contribution in [3.63, 3.8) is 0 Å². The molecule has 0 bridgehead atoms. The third kappa shape index (κ3) is 3.15. The van der Waals surface area contributed by atoms with Crippen LogP contribution in [0.2, 0.25) is 5.02 Å². The Kier molecular flexibility index (Phi) is 3.82. The van der Waals surface area contributed by atoms with E-state index < -0.39 is 0 Å². The fourth-order valence-electron chi connectivity index (χ4n) is 2.22. The van der Waals surface area contributed by atoms with Crippen molar-refractivity contribution in [1.29, 1.82) is 0 Å². The number of benzene rings is 1. The lowest BCUT2D eigenvalue weighted by Gasteiger charge is -2.25. The van der Waals surface area contributed by atoms with E-state index in [1.807, 2.05) is 24.3 Å². The summed E-state index contributed by atoms with van der Waals surface area (Å²) in [7, 11) is 0. The van der Waals surface area contributed by atoms with Crippen LogP contribution in [-0.2, 0) is 6.54 Å². The van der Waals surface area contributed by atoms with Crippen LogP contribution in [0.25, 0.3) is 11.3 Å². The predicted molar refractivity (Wildman–Crippen MR) is 75.1 cm³/mol. The molecule has 1 aliphatic heterocycles. The van der Waals surface area contributed by atoms with Crippen molar-refractivity contribution in [3.8, 4) is 11.3 Å². The third-order valence-electron chi connectivity index (χ3n) is 3.23. The van der Waals surface area contributed by atoms with Crippen LogP contribution in [0.3, 0.4) is 0 Å². The minimum atomic E-state index is 0.706. The van der Waals surface area contributed by atoms with E-state index in [2.05, 4.69) is 15.2 Å². The first-order chi connectivity index (χ1) is 9.31. The van der Waals surface area contributed by atoms with E-state index in [9.17, 15) is 0 Å². The minimum Gasteiger partial charge on any atom is -0.439 e. The number of nitrogens with one attached hydrogen (secondary N) is 1. The van der Waals surface area contributed by atoms with Gasteiger partial charge in [-0.05, 0) is 12.1 Å². The van der Waals surface area contributed by atoms with Gasteiger partial charge in [0.2, 0.25) is 5.89 Å². The van der Waals surface area contributed by atoms with Crippen molar-refractivity contribution < 1.29 is 4.42 Å². The number of hydrogen-bond donors (Lipinski definition) is 1. The van der Waals surface area contributed by atoms with Gasteiger partial charge >= 0.3 is 0 Å². The summed E-state index contributed by atoms with van der Waals surface area (Å²) in [5.74, 6) is 1.53. The SMILES string of the molecule is Clc1cccc(-c2cnc(CN3CCNCC3)o2)c1. The standard InChI is InChI=1S/C14H16ClN3O/c15-12-3-1-2-11(8-12)13-9-17-14(19-13)10-18-6-4-16-5-7-18/h1-3,8-9,16H,4-7,10H2. The largest absolute Gasteiger partial charge is 0.439 e. The molecule has 0 unspecified atom stereocenters. The van der Waals surface area contributed by atoms with E-state index in [1.54, 1.807) is 6.20 Å². The molecular weight excluding hydrogens is 262 g/mol. The second-order valence-electron chi connectivity index (χ2n) is 4.65. The van der Waals surface area contributed by atoms with Crippen LogP contribution in [-0.4, -0.2) is 36.1 Å². The average Bonchev–Trinajstić information content (AvgIpc) is 2.88. The van der Waals surface area contributed by atoms with Crippen molar-refractivity contribution >= 4 is 11.6 Å². The molecule has 2 heterocycles. The topological polar surface area (TPSA) is 41.3 Å². The second kappa shape index (κ2) is 5.74. The van der Waals surface area contributed by atoms with Gasteiger partial charge in [0.25, 0.3) is 0 Å². The molecule has 4 nitrogen and oxygen atoms in total. The zero-order chi connectivity index (χ0) is 13.1. The van der Waals surface area contributed by atoms with E-state index >= 15 is 0 Å². The molecule has 0 aliphatic carbocycles. The average molecular weight is 278 g/mol. The Balaban J connectivity index is 1.72. The van der Waals surface area contributed by atoms with Crippen molar-refractivity contribution in [2.75, 3.05) is 26.2 Å². The lowest BCUT2D eigenvalue weighted by molar-refractivity contribution is 0.213. The fourth-order valence-corrected chi connectivity index (χ4v) is 2.41. The Morgan fingerprint density at radius 2 is 2.16 bits per heavy atom. The number of piperazine rings is 1. The molecule has 1 aromatic carbocycles. The maximum absolute atomic E-state index is 5.98. The summed E-state index contributed by atoms with van der Waals surface area (Å²) in [5, 5.41) is 4.04. The van der Waals surface area contributed by atoms with E-state index in [-0.39, 0.29) is 0 Å². The number of aromatic nitrogens is 1. The summed E-state index contributed by atoms with van der Waals surface area (Å²) in [6.45, 7) is 4.90. The molecule has 1 aromatic heterocycles. The van der Waals surface area contributed by atoms with Gasteiger partial charge < -0.3 is 9.73 Å². The Morgan fingerprint density at radius 1 is 1.32 bits per heavy atom. The van der Waals surface area contributed by atoms with Crippen molar-refractivity contribution in [2.24, 2.45) is 0 Å². The number of oxazole rings is 1. The number of hydrogen-bond acceptors (Lipinski definition) is 4. The van der Waals surface area contributed by atoms with Crippen LogP contribution >= 0.6 is 11.6 Å². The molecule has 0 atom stereocenters. The van der Waals surface area contributed by atoms with Crippen molar-refractivity contribution in [2.45, 2.75) is 6.54 Å². The molecule has 0 spiro atoms. The highest BCUT2D eigenvalue weighted by atomic mass is 35.5. The van der Waals surface area contributed by atoms with Gasteiger partial charge in [0.1, 0.15) is 0 Å². The van der Waals surface area contributed by atoms with Crippen LogP contribution in [0, 0.1) is 0 Å². The van der Waals surface area contributed by atoms with E-state index in [0.717, 1.165) is 49.9 Å². The fraction of sp³-hybridized carbons (Fsp3) is 0.357. The van der Waals surface area contributed by atoms with Crippen LogP contribution in [0.15, 0.2) is 34.9 Å². The highest BCUT2D eigenvalue weighted by molar-refractivity contribution is 6.30. The summed E-state index contributed by atoms with van der Waals surface area (Å²) < 4.78 is 5.80. The molecule has 100 valence electrons. The van der Waals surface area contributed by atoms with E-state index in [1.165, 1.54) is 0 Å². The Morgan fingerprint density at radius 3 is 2.95 bits per heavy atom. The monoisotopic (exact) mass is 277 g/mol. The van der Waals surface area contributed by atoms with Crippen molar-refractivity contribution in [3.05, 3.63) is 41.4 Å². The van der Waals surface area contributed by atoms with E-state index in [4.69, 9.17) is 16.0 Å². The predicted octanol–water partition coefficient (Wildman–Crippen LogP) is 2.40. The molecule has 2 aromatic rings. The summed E-state index contributed by atoms with van der Waals surface area (Å²) >= 11 is 5.98. The molecule has 0 amide bonds. The van der Waals surface area contributed by atoms with Crippen molar-refractivity contribution in [1.82, 2.24) is 15.2 Å². The van der Waals surface area contributed by atoms with Crippen LogP contribution in [0.5, 0.6) is 0 Å². The van der Waals surface area contributed by atoms with Gasteiger partial charge in [-0.3, -0.25) is 4.90 Å². The molecule has 3 rings (SSSR count). The van der Waals surface area contributed by atoms with Gasteiger partial charge in [-0.25, -0.2) is 4.98 Å². The summed E-state index contributed by atoms with van der Waals surface area (Å²) in [5.41, 5.74) is 0.964. The molecule has 1 N–H and O–H groups in total. The molecule has 5 heteroatoms. The quantitative estimate of drug-likeness (QED) is 0.935. The van der Waals surface area contributed by atoms with Crippen LogP contribution in [0.1, 0.15) is 5.89 Å². The highest BCUT2D eigenvalue weighted by Crippen LogP contribution is 2.23. The summed E-state index contributed by atoms with van der Waals surface area (Å²) in [6.07, 6.45) is 1.77. The van der Waals surface area contributed by atoms with E-state index in [0.29, 0.717) is 5.02 Å². The minimum absolute atomic E-state index is 0.706. The van der Waals surface area contributed by atoms with Gasteiger partial charge in [0.05, 0.1) is 12.7 Å². The zero-order valence-corrected chi connectivity index (χ0v) is 11.4. The molecule has 1 saturated heterocycles. The maximum atomic E-state index is 5.98. The lowest BCUT2D eigenvalue weighted by atomic mass is 10.2. The normalized spacial score (nSPS) is 16.7. The van der Waals surface area contributed by atoms with Crippen LogP contribution in [0.4, 0.5) is 0 Å². The molecule has 19 heavy (non-hydrogen) atoms. The first-order valence-corrected chi connectivity index (χ1v) is 6.83. The summed E-state index contributed by atoms with van der Waals surface area (Å²) in [4.78, 5) is 6.68. The number of rotatable bonds is 3. The van der Waals surface area contributed by atoms with Gasteiger partial charge in [-0.1, -0.05) is 23.7 Å². The third-order valence-corrected chi connectivity index (χ3v) is 3.47. The maximum Gasteiger partial charge on any atom is 0.209 e. The molecule has 0 saturated carbocycles. The number of nitrogens with zero attached hydrogens (tertiary/aromatic N) is 2. The molecule has 0 radical (unpaired) electrons. The Labute approximate surface area is 117 Å². The smallest absolute Gasteiger partial charge is 0.209 e. The first-order valence-electron chi connectivity index (χ1n) is 6.45. The zero-order valence-electron chi connectivity index (χ0n) is 10.6. The Bertz CT molecular complexity index is 549. The molecule has 1 fully saturated rings. The van der Waals surface area contributed by atoms with Gasteiger partial charge in [-0.2, -0.15) is 0 Å².